The number of unbranched alkanes of at least 4 members (excludes halogenated alkanes) is 5. The first kappa shape index (κ1) is 20.0. The Hall–Kier alpha value is -1.70. The normalized spacial score (nSPS) is 16.3. The molecule has 0 N–H and O–H groups in total. The number of aromatic nitrogens is 2. The van der Waals surface area contributed by atoms with Gasteiger partial charge in [-0.05, 0) is 49.1 Å². The number of benzene rings is 1. The predicted octanol–water partition coefficient (Wildman–Crippen LogP) is 6.95. The molecule has 2 nitrogen and oxygen atoms in total. The Balaban J connectivity index is 1.56. The van der Waals surface area contributed by atoms with Gasteiger partial charge in [-0.25, -0.2) is 9.97 Å². The summed E-state index contributed by atoms with van der Waals surface area (Å²) in [5.41, 5.74) is 5.25. The molecule has 3 rings (SSSR count). The molecular formula is C25H36N2. The van der Waals surface area contributed by atoms with Crippen molar-refractivity contribution in [3.8, 4) is 11.4 Å². The van der Waals surface area contributed by atoms with Crippen molar-refractivity contribution in [1.82, 2.24) is 9.97 Å². The van der Waals surface area contributed by atoms with E-state index in [0.29, 0.717) is 0 Å². The summed E-state index contributed by atoms with van der Waals surface area (Å²) in [4.78, 5) is 9.62. The molecule has 0 saturated carbocycles. The Labute approximate surface area is 165 Å². The Morgan fingerprint density at radius 1 is 0.926 bits per heavy atom. The van der Waals surface area contributed by atoms with Crippen molar-refractivity contribution in [2.75, 3.05) is 0 Å². The van der Waals surface area contributed by atoms with Gasteiger partial charge in [0, 0.05) is 17.5 Å². The molecular weight excluding hydrogens is 328 g/mol. The molecule has 1 aromatic carbocycles. The maximum Gasteiger partial charge on any atom is 0.159 e. The summed E-state index contributed by atoms with van der Waals surface area (Å²) >= 11 is 0. The van der Waals surface area contributed by atoms with Crippen LogP contribution in [0, 0.1) is 5.92 Å². The Morgan fingerprint density at radius 3 is 2.48 bits per heavy atom. The van der Waals surface area contributed by atoms with Crippen LogP contribution in [0.5, 0.6) is 0 Å². The van der Waals surface area contributed by atoms with E-state index in [1.807, 2.05) is 0 Å². The molecule has 0 saturated heterocycles. The number of nitrogens with zero attached hydrogens (tertiary/aromatic N) is 2. The van der Waals surface area contributed by atoms with Gasteiger partial charge in [0.15, 0.2) is 5.82 Å². The standard InChI is InChI=1S/C25H36N2/c1-3-5-7-8-9-11-21-14-17-24-23(18-21)19-26-25(27-24)22-15-12-20(13-16-22)10-6-4-2/h12-13,15-16,19,21H,3-11,14,17-18H2,1-2H3. The van der Waals surface area contributed by atoms with Gasteiger partial charge in [-0.3, -0.25) is 0 Å². The van der Waals surface area contributed by atoms with Crippen molar-refractivity contribution in [3.05, 3.63) is 47.3 Å². The second kappa shape index (κ2) is 10.6. The lowest BCUT2D eigenvalue weighted by molar-refractivity contribution is 0.400. The fourth-order valence-corrected chi connectivity index (χ4v) is 4.21. The van der Waals surface area contributed by atoms with Gasteiger partial charge in [0.2, 0.25) is 0 Å². The van der Waals surface area contributed by atoms with Gasteiger partial charge in [-0.15, -0.1) is 0 Å². The Kier molecular flexibility index (Phi) is 7.86. The van der Waals surface area contributed by atoms with Crippen LogP contribution in [0.25, 0.3) is 11.4 Å². The molecule has 1 atom stereocenters. The third kappa shape index (κ3) is 5.89. The van der Waals surface area contributed by atoms with E-state index < -0.39 is 0 Å². The maximum atomic E-state index is 4.92. The summed E-state index contributed by atoms with van der Waals surface area (Å²) in [6, 6.07) is 8.86. The van der Waals surface area contributed by atoms with E-state index in [9.17, 15) is 0 Å². The van der Waals surface area contributed by atoms with Gasteiger partial charge in [0.1, 0.15) is 0 Å². The number of hydrogen-bond donors (Lipinski definition) is 0. The van der Waals surface area contributed by atoms with E-state index in [1.54, 1.807) is 0 Å². The van der Waals surface area contributed by atoms with Crippen molar-refractivity contribution in [1.29, 1.82) is 0 Å². The smallest absolute Gasteiger partial charge is 0.159 e. The second-order valence-corrected chi connectivity index (χ2v) is 8.28. The van der Waals surface area contributed by atoms with Crippen LogP contribution in [0.2, 0.25) is 0 Å². The minimum Gasteiger partial charge on any atom is -0.236 e. The van der Waals surface area contributed by atoms with E-state index in [1.165, 1.54) is 87.4 Å². The van der Waals surface area contributed by atoms with Gasteiger partial charge < -0.3 is 0 Å². The molecule has 0 radical (unpaired) electrons. The molecule has 27 heavy (non-hydrogen) atoms. The zero-order valence-electron chi connectivity index (χ0n) is 17.3. The highest BCUT2D eigenvalue weighted by molar-refractivity contribution is 5.55. The Bertz CT molecular complexity index is 690. The quantitative estimate of drug-likeness (QED) is 0.426. The lowest BCUT2D eigenvalue weighted by atomic mass is 9.84. The number of fused-ring (bicyclic) bond motifs is 1. The minimum absolute atomic E-state index is 0.839. The van der Waals surface area contributed by atoms with E-state index in [-0.39, 0.29) is 0 Å². The van der Waals surface area contributed by atoms with Gasteiger partial charge in [-0.1, -0.05) is 83.1 Å². The lowest BCUT2D eigenvalue weighted by Gasteiger charge is -2.24. The average molecular weight is 365 g/mol. The monoisotopic (exact) mass is 364 g/mol. The van der Waals surface area contributed by atoms with E-state index >= 15 is 0 Å². The molecule has 0 spiro atoms. The summed E-state index contributed by atoms with van der Waals surface area (Å²) in [6.07, 6.45) is 17.7. The van der Waals surface area contributed by atoms with Gasteiger partial charge >= 0.3 is 0 Å². The molecule has 1 aliphatic carbocycles. The van der Waals surface area contributed by atoms with E-state index in [4.69, 9.17) is 9.97 Å². The molecule has 1 unspecified atom stereocenters. The highest BCUT2D eigenvalue weighted by Gasteiger charge is 2.20. The summed E-state index contributed by atoms with van der Waals surface area (Å²) < 4.78 is 0. The largest absolute Gasteiger partial charge is 0.236 e. The SMILES string of the molecule is CCCCCCCC1CCc2nc(-c3ccc(CCCC)cc3)ncc2C1. The maximum absolute atomic E-state index is 4.92. The average Bonchev–Trinajstić information content (AvgIpc) is 2.72. The second-order valence-electron chi connectivity index (χ2n) is 8.28. The molecule has 2 aromatic rings. The number of hydrogen-bond acceptors (Lipinski definition) is 2. The van der Waals surface area contributed by atoms with Crippen molar-refractivity contribution in [2.45, 2.75) is 90.9 Å². The molecule has 1 aliphatic rings. The molecule has 0 bridgehead atoms. The zero-order valence-corrected chi connectivity index (χ0v) is 17.3. The van der Waals surface area contributed by atoms with Crippen LogP contribution in [0.1, 0.15) is 88.5 Å². The fraction of sp³-hybridized carbons (Fsp3) is 0.600. The first-order valence-electron chi connectivity index (χ1n) is 11.2. The summed E-state index contributed by atoms with van der Waals surface area (Å²) in [5, 5.41) is 0. The van der Waals surface area contributed by atoms with E-state index in [2.05, 4.69) is 44.3 Å². The lowest BCUT2D eigenvalue weighted by Crippen LogP contribution is -2.16. The molecule has 1 heterocycles. The van der Waals surface area contributed by atoms with Crippen molar-refractivity contribution in [3.63, 3.8) is 0 Å². The summed E-state index contributed by atoms with van der Waals surface area (Å²) in [7, 11) is 0. The molecule has 1 aromatic heterocycles. The van der Waals surface area contributed by atoms with Gasteiger partial charge in [0.25, 0.3) is 0 Å². The first-order chi connectivity index (χ1) is 13.3. The van der Waals surface area contributed by atoms with Crippen LogP contribution in [0.4, 0.5) is 0 Å². The number of rotatable bonds is 10. The topological polar surface area (TPSA) is 25.8 Å². The minimum atomic E-state index is 0.839. The van der Waals surface area contributed by atoms with Crippen LogP contribution in [-0.2, 0) is 19.3 Å². The number of aryl methyl sites for hydroxylation is 2. The highest BCUT2D eigenvalue weighted by Crippen LogP contribution is 2.29. The van der Waals surface area contributed by atoms with Crippen LogP contribution in [0.3, 0.4) is 0 Å². The van der Waals surface area contributed by atoms with Crippen LogP contribution in [-0.4, -0.2) is 9.97 Å². The molecule has 0 aliphatic heterocycles. The van der Waals surface area contributed by atoms with Crippen LogP contribution < -0.4 is 0 Å². The molecule has 2 heteroatoms. The van der Waals surface area contributed by atoms with Crippen molar-refractivity contribution in [2.24, 2.45) is 5.92 Å². The van der Waals surface area contributed by atoms with Crippen molar-refractivity contribution >= 4 is 0 Å². The van der Waals surface area contributed by atoms with Crippen LogP contribution in [0.15, 0.2) is 30.5 Å². The summed E-state index contributed by atoms with van der Waals surface area (Å²) in [6.45, 7) is 4.53. The van der Waals surface area contributed by atoms with Gasteiger partial charge in [-0.2, -0.15) is 0 Å². The Morgan fingerprint density at radius 2 is 1.70 bits per heavy atom. The third-order valence-electron chi connectivity index (χ3n) is 6.00. The van der Waals surface area contributed by atoms with E-state index in [0.717, 1.165) is 23.7 Å². The molecule has 0 fully saturated rings. The van der Waals surface area contributed by atoms with Gasteiger partial charge in [0.05, 0.1) is 0 Å². The predicted molar refractivity (Wildman–Crippen MR) is 115 cm³/mol. The summed E-state index contributed by atoms with van der Waals surface area (Å²) in [5.74, 6) is 1.74. The molecule has 0 amide bonds. The highest BCUT2D eigenvalue weighted by atomic mass is 14.9. The molecule has 146 valence electrons. The fourth-order valence-electron chi connectivity index (χ4n) is 4.21. The zero-order chi connectivity index (χ0) is 18.9. The first-order valence-corrected chi connectivity index (χ1v) is 11.2. The van der Waals surface area contributed by atoms with Crippen molar-refractivity contribution < 1.29 is 0 Å². The third-order valence-corrected chi connectivity index (χ3v) is 6.00. The van der Waals surface area contributed by atoms with Crippen LogP contribution >= 0.6 is 0 Å².